The zero-order valence-electron chi connectivity index (χ0n) is 16.9. The third-order valence-corrected chi connectivity index (χ3v) is 6.25. The van der Waals surface area contributed by atoms with Crippen LogP contribution < -0.4 is 10.1 Å². The van der Waals surface area contributed by atoms with Crippen LogP contribution in [0.5, 0.6) is 5.75 Å². The minimum Gasteiger partial charge on any atom is -0.497 e. The third kappa shape index (κ3) is 3.92. The highest BCUT2D eigenvalue weighted by atomic mass is 16.5. The number of aryl methyl sites for hydroxylation is 1. The van der Waals surface area contributed by atoms with E-state index in [0.717, 1.165) is 23.6 Å². The Morgan fingerprint density at radius 1 is 1.18 bits per heavy atom. The zero-order chi connectivity index (χ0) is 19.5. The molecule has 4 rings (SSSR count). The van der Waals surface area contributed by atoms with Crippen molar-refractivity contribution >= 4 is 5.91 Å². The molecule has 150 valence electrons. The number of nitrogens with one attached hydrogen (secondary N) is 1. The number of hydrogen-bond acceptors (Lipinski definition) is 4. The normalized spacial score (nSPS) is 22.5. The first-order chi connectivity index (χ1) is 13.7. The molecule has 6 nitrogen and oxygen atoms in total. The van der Waals surface area contributed by atoms with Gasteiger partial charge in [0.05, 0.1) is 12.8 Å². The highest BCUT2D eigenvalue weighted by Gasteiger charge is 2.33. The summed E-state index contributed by atoms with van der Waals surface area (Å²) in [5.41, 5.74) is 2.37. The van der Waals surface area contributed by atoms with Crippen molar-refractivity contribution in [2.45, 2.75) is 38.1 Å². The van der Waals surface area contributed by atoms with E-state index in [2.05, 4.69) is 15.3 Å². The van der Waals surface area contributed by atoms with E-state index < -0.39 is 0 Å². The number of nitrogens with zero attached hydrogens (tertiary/aromatic N) is 3. The number of fused-ring (bicyclic) bond motifs is 1. The maximum Gasteiger partial charge on any atom is 0.269 e. The molecule has 3 heterocycles. The van der Waals surface area contributed by atoms with Crippen molar-refractivity contribution < 1.29 is 9.53 Å². The SMILES string of the molecule is COc1ccc(-c2cc(C(=O)NC[C@@H]3CCCN4CCCC[C@H]34)n(C)n2)cc1. The first-order valence-corrected chi connectivity index (χ1v) is 10.4. The summed E-state index contributed by atoms with van der Waals surface area (Å²) in [7, 11) is 3.47. The molecule has 0 aliphatic carbocycles. The number of rotatable bonds is 5. The number of ether oxygens (including phenoxy) is 1. The van der Waals surface area contributed by atoms with E-state index >= 15 is 0 Å². The van der Waals surface area contributed by atoms with Crippen LogP contribution >= 0.6 is 0 Å². The number of methoxy groups -OCH3 is 1. The Kier molecular flexibility index (Phi) is 5.67. The summed E-state index contributed by atoms with van der Waals surface area (Å²) < 4.78 is 6.88. The van der Waals surface area contributed by atoms with Gasteiger partial charge in [0.25, 0.3) is 5.91 Å². The van der Waals surface area contributed by atoms with Crippen molar-refractivity contribution in [1.29, 1.82) is 0 Å². The van der Waals surface area contributed by atoms with E-state index in [0.29, 0.717) is 17.7 Å². The van der Waals surface area contributed by atoms with Crippen molar-refractivity contribution in [3.05, 3.63) is 36.0 Å². The van der Waals surface area contributed by atoms with Crippen LogP contribution in [0.3, 0.4) is 0 Å². The van der Waals surface area contributed by atoms with Gasteiger partial charge in [-0.3, -0.25) is 9.48 Å². The van der Waals surface area contributed by atoms with Crippen molar-refractivity contribution in [1.82, 2.24) is 20.0 Å². The van der Waals surface area contributed by atoms with Gasteiger partial charge in [0, 0.05) is 25.2 Å². The lowest BCUT2D eigenvalue weighted by Crippen LogP contribution is -2.51. The quantitative estimate of drug-likeness (QED) is 0.863. The van der Waals surface area contributed by atoms with Crippen molar-refractivity contribution in [2.75, 3.05) is 26.7 Å². The average Bonchev–Trinajstić information content (AvgIpc) is 3.13. The van der Waals surface area contributed by atoms with Gasteiger partial charge in [-0.25, -0.2) is 0 Å². The Hall–Kier alpha value is -2.34. The van der Waals surface area contributed by atoms with Crippen LogP contribution in [0.15, 0.2) is 30.3 Å². The Balaban J connectivity index is 1.41. The monoisotopic (exact) mass is 382 g/mol. The van der Waals surface area contributed by atoms with Crippen LogP contribution in [0.25, 0.3) is 11.3 Å². The van der Waals surface area contributed by atoms with Gasteiger partial charge < -0.3 is 15.0 Å². The maximum absolute atomic E-state index is 12.8. The minimum atomic E-state index is -0.0392. The Morgan fingerprint density at radius 2 is 1.96 bits per heavy atom. The molecule has 1 N–H and O–H groups in total. The average molecular weight is 383 g/mol. The summed E-state index contributed by atoms with van der Waals surface area (Å²) in [6.45, 7) is 3.20. The van der Waals surface area contributed by atoms with E-state index in [1.807, 2.05) is 37.4 Å². The number of carbonyl (C=O) groups excluding carboxylic acids is 1. The van der Waals surface area contributed by atoms with E-state index in [4.69, 9.17) is 4.74 Å². The minimum absolute atomic E-state index is 0.0392. The molecular formula is C22H30N4O2. The number of carbonyl (C=O) groups is 1. The molecule has 1 aromatic carbocycles. The molecule has 1 amide bonds. The van der Waals surface area contributed by atoms with Crippen LogP contribution in [0, 0.1) is 5.92 Å². The molecule has 28 heavy (non-hydrogen) atoms. The van der Waals surface area contributed by atoms with Crippen molar-refractivity contribution in [3.63, 3.8) is 0 Å². The zero-order valence-corrected chi connectivity index (χ0v) is 16.9. The Bertz CT molecular complexity index is 812. The smallest absolute Gasteiger partial charge is 0.269 e. The van der Waals surface area contributed by atoms with Crippen molar-refractivity contribution in [2.24, 2.45) is 13.0 Å². The van der Waals surface area contributed by atoms with Crippen LogP contribution in [-0.2, 0) is 7.05 Å². The molecule has 2 atom stereocenters. The lowest BCUT2D eigenvalue weighted by atomic mass is 9.83. The van der Waals surface area contributed by atoms with Gasteiger partial charge in [-0.15, -0.1) is 0 Å². The van der Waals surface area contributed by atoms with Gasteiger partial charge in [0.1, 0.15) is 11.4 Å². The second-order valence-corrected chi connectivity index (χ2v) is 7.98. The molecule has 0 radical (unpaired) electrons. The summed E-state index contributed by atoms with van der Waals surface area (Å²) in [5, 5.41) is 7.70. The molecule has 2 fully saturated rings. The van der Waals surface area contributed by atoms with E-state index in [1.54, 1.807) is 11.8 Å². The molecule has 1 aromatic heterocycles. The fourth-order valence-corrected chi connectivity index (χ4v) is 4.71. The molecule has 2 aliphatic heterocycles. The van der Waals surface area contributed by atoms with Crippen molar-refractivity contribution in [3.8, 4) is 17.0 Å². The van der Waals surface area contributed by atoms with Crippen LogP contribution in [-0.4, -0.2) is 53.4 Å². The molecule has 0 bridgehead atoms. The van der Waals surface area contributed by atoms with Crippen LogP contribution in [0.1, 0.15) is 42.6 Å². The van der Waals surface area contributed by atoms with Gasteiger partial charge in [-0.1, -0.05) is 6.42 Å². The second-order valence-electron chi connectivity index (χ2n) is 7.98. The summed E-state index contributed by atoms with van der Waals surface area (Å²) in [6, 6.07) is 10.2. The summed E-state index contributed by atoms with van der Waals surface area (Å²) in [5.74, 6) is 1.33. The molecule has 0 unspecified atom stereocenters. The van der Waals surface area contributed by atoms with E-state index in [-0.39, 0.29) is 5.91 Å². The number of benzene rings is 1. The number of piperidine rings is 2. The topological polar surface area (TPSA) is 59.4 Å². The summed E-state index contributed by atoms with van der Waals surface area (Å²) >= 11 is 0. The first kappa shape index (κ1) is 19.0. The fraction of sp³-hybridized carbons (Fsp3) is 0.545. The highest BCUT2D eigenvalue weighted by molar-refractivity contribution is 5.93. The third-order valence-electron chi connectivity index (χ3n) is 6.25. The van der Waals surface area contributed by atoms with Gasteiger partial charge in [0.2, 0.25) is 0 Å². The molecule has 2 aliphatic rings. The lowest BCUT2D eigenvalue weighted by molar-refractivity contribution is 0.0574. The Labute approximate surface area is 166 Å². The van der Waals surface area contributed by atoms with Gasteiger partial charge in [0.15, 0.2) is 0 Å². The van der Waals surface area contributed by atoms with E-state index in [9.17, 15) is 4.79 Å². The Morgan fingerprint density at radius 3 is 2.75 bits per heavy atom. The molecular weight excluding hydrogens is 352 g/mol. The molecule has 6 heteroatoms. The molecule has 0 spiro atoms. The van der Waals surface area contributed by atoms with Gasteiger partial charge in [-0.05, 0) is 75.0 Å². The molecule has 2 aromatic rings. The van der Waals surface area contributed by atoms with Crippen LogP contribution in [0.4, 0.5) is 0 Å². The predicted octanol–water partition coefficient (Wildman–Crippen LogP) is 3.09. The number of amides is 1. The van der Waals surface area contributed by atoms with Crippen LogP contribution in [0.2, 0.25) is 0 Å². The number of aromatic nitrogens is 2. The lowest BCUT2D eigenvalue weighted by Gasteiger charge is -2.44. The van der Waals surface area contributed by atoms with Gasteiger partial charge >= 0.3 is 0 Å². The molecule has 2 saturated heterocycles. The fourth-order valence-electron chi connectivity index (χ4n) is 4.71. The molecule has 0 saturated carbocycles. The first-order valence-electron chi connectivity index (χ1n) is 10.4. The largest absolute Gasteiger partial charge is 0.497 e. The van der Waals surface area contributed by atoms with Gasteiger partial charge in [-0.2, -0.15) is 5.10 Å². The second kappa shape index (κ2) is 8.35. The standard InChI is InChI=1S/C22H30N4O2/c1-25-21(14-19(24-25)16-8-10-18(28-2)11-9-16)22(27)23-15-17-6-5-13-26-12-4-3-7-20(17)26/h8-11,14,17,20H,3-7,12-13,15H2,1-2H3,(H,23,27)/t17-,20+/m0/s1. The highest BCUT2D eigenvalue weighted by Crippen LogP contribution is 2.30. The summed E-state index contributed by atoms with van der Waals surface area (Å²) in [6.07, 6.45) is 6.36. The predicted molar refractivity (Wildman–Crippen MR) is 109 cm³/mol. The summed E-state index contributed by atoms with van der Waals surface area (Å²) in [4.78, 5) is 15.4. The maximum atomic E-state index is 12.8. The van der Waals surface area contributed by atoms with E-state index in [1.165, 1.54) is 45.2 Å². The number of hydrogen-bond donors (Lipinski definition) is 1.